The van der Waals surface area contributed by atoms with Crippen molar-refractivity contribution in [2.24, 2.45) is 5.92 Å². The Balaban J connectivity index is 1.47. The molecule has 0 saturated carbocycles. The topological polar surface area (TPSA) is 59.8 Å². The van der Waals surface area contributed by atoms with Gasteiger partial charge in [-0.25, -0.2) is 4.68 Å². The Kier molecular flexibility index (Phi) is 5.21. The predicted octanol–water partition coefficient (Wildman–Crippen LogP) is 4.67. The van der Waals surface area contributed by atoms with Crippen molar-refractivity contribution in [1.82, 2.24) is 20.3 Å². The lowest BCUT2D eigenvalue weighted by molar-refractivity contribution is 0.0926. The Morgan fingerprint density at radius 2 is 1.86 bits per heavy atom. The third-order valence-electron chi connectivity index (χ3n) is 4.77. The molecule has 28 heavy (non-hydrogen) atoms. The lowest BCUT2D eigenvalue weighted by Gasteiger charge is -2.21. The van der Waals surface area contributed by atoms with Crippen LogP contribution in [0.3, 0.4) is 0 Å². The van der Waals surface area contributed by atoms with E-state index >= 15 is 0 Å². The molecule has 0 radical (unpaired) electrons. The van der Waals surface area contributed by atoms with E-state index in [1.807, 2.05) is 64.7 Å². The van der Waals surface area contributed by atoms with Gasteiger partial charge in [0.25, 0.3) is 5.91 Å². The molecule has 2 heterocycles. The SMILES string of the molecule is CC(C)[C@@H](NC(=O)c1ccc(Cn2nnc3ccccc32)cc1)c1cccs1. The Morgan fingerprint density at radius 3 is 2.57 bits per heavy atom. The van der Waals surface area contributed by atoms with Gasteiger partial charge in [-0.2, -0.15) is 0 Å². The Labute approximate surface area is 168 Å². The van der Waals surface area contributed by atoms with Crippen molar-refractivity contribution in [2.75, 3.05) is 0 Å². The summed E-state index contributed by atoms with van der Waals surface area (Å²) in [6.07, 6.45) is 0. The summed E-state index contributed by atoms with van der Waals surface area (Å²) in [6, 6.07) is 19.7. The zero-order valence-electron chi connectivity index (χ0n) is 15.9. The van der Waals surface area contributed by atoms with Gasteiger partial charge >= 0.3 is 0 Å². The van der Waals surface area contributed by atoms with Crippen molar-refractivity contribution in [3.05, 3.63) is 82.0 Å². The molecule has 0 unspecified atom stereocenters. The number of amides is 1. The third kappa shape index (κ3) is 3.82. The highest BCUT2D eigenvalue weighted by Gasteiger charge is 2.20. The fraction of sp³-hybridized carbons (Fsp3) is 0.227. The van der Waals surface area contributed by atoms with Crippen LogP contribution in [-0.2, 0) is 6.54 Å². The fourth-order valence-corrected chi connectivity index (χ4v) is 4.18. The Hall–Kier alpha value is -2.99. The van der Waals surface area contributed by atoms with Crippen LogP contribution in [-0.4, -0.2) is 20.9 Å². The first-order chi connectivity index (χ1) is 13.6. The molecular weight excluding hydrogens is 368 g/mol. The van der Waals surface area contributed by atoms with E-state index in [-0.39, 0.29) is 11.9 Å². The van der Waals surface area contributed by atoms with Gasteiger partial charge in [0.1, 0.15) is 5.52 Å². The second-order valence-electron chi connectivity index (χ2n) is 7.14. The Bertz CT molecular complexity index is 1070. The van der Waals surface area contributed by atoms with Gasteiger partial charge < -0.3 is 5.32 Å². The minimum absolute atomic E-state index is 0.0219. The van der Waals surface area contributed by atoms with E-state index in [1.165, 1.54) is 4.88 Å². The number of nitrogens with zero attached hydrogens (tertiary/aromatic N) is 3. The number of thiophene rings is 1. The smallest absolute Gasteiger partial charge is 0.251 e. The van der Waals surface area contributed by atoms with Crippen LogP contribution in [0.5, 0.6) is 0 Å². The van der Waals surface area contributed by atoms with Crippen LogP contribution < -0.4 is 5.32 Å². The molecule has 0 aliphatic heterocycles. The van der Waals surface area contributed by atoms with E-state index in [4.69, 9.17) is 0 Å². The lowest BCUT2D eigenvalue weighted by atomic mass is 10.0. The molecule has 6 heteroatoms. The maximum Gasteiger partial charge on any atom is 0.251 e. The molecule has 1 atom stereocenters. The van der Waals surface area contributed by atoms with Crippen molar-refractivity contribution in [3.8, 4) is 0 Å². The second-order valence-corrected chi connectivity index (χ2v) is 8.12. The number of fused-ring (bicyclic) bond motifs is 1. The molecule has 2 aromatic carbocycles. The number of rotatable bonds is 6. The number of nitrogens with one attached hydrogen (secondary N) is 1. The number of hydrogen-bond acceptors (Lipinski definition) is 4. The van der Waals surface area contributed by atoms with Crippen LogP contribution in [0.2, 0.25) is 0 Å². The molecule has 142 valence electrons. The summed E-state index contributed by atoms with van der Waals surface area (Å²) >= 11 is 1.67. The first-order valence-corrected chi connectivity index (χ1v) is 10.2. The van der Waals surface area contributed by atoms with Gasteiger partial charge in [-0.05, 0) is 47.2 Å². The molecule has 1 amide bonds. The maximum absolute atomic E-state index is 12.7. The molecule has 0 fully saturated rings. The number of carbonyl (C=O) groups excluding carboxylic acids is 1. The van der Waals surface area contributed by atoms with E-state index < -0.39 is 0 Å². The minimum Gasteiger partial charge on any atom is -0.344 e. The van der Waals surface area contributed by atoms with Crippen molar-refractivity contribution in [3.63, 3.8) is 0 Å². The van der Waals surface area contributed by atoms with Crippen LogP contribution in [0.4, 0.5) is 0 Å². The summed E-state index contributed by atoms with van der Waals surface area (Å²) in [4.78, 5) is 13.9. The number of hydrogen-bond donors (Lipinski definition) is 1. The summed E-state index contributed by atoms with van der Waals surface area (Å²) in [5, 5.41) is 13.6. The summed E-state index contributed by atoms with van der Waals surface area (Å²) < 4.78 is 1.87. The summed E-state index contributed by atoms with van der Waals surface area (Å²) in [5.74, 6) is 0.271. The van der Waals surface area contributed by atoms with Crippen molar-refractivity contribution in [1.29, 1.82) is 0 Å². The molecule has 0 bridgehead atoms. The molecule has 4 rings (SSSR count). The summed E-state index contributed by atoms with van der Waals surface area (Å²) in [5.41, 5.74) is 3.62. The number of benzene rings is 2. The molecule has 0 aliphatic rings. The zero-order valence-corrected chi connectivity index (χ0v) is 16.7. The molecule has 4 aromatic rings. The average Bonchev–Trinajstić information content (AvgIpc) is 3.37. The van der Waals surface area contributed by atoms with Crippen LogP contribution in [0.15, 0.2) is 66.0 Å². The van der Waals surface area contributed by atoms with E-state index in [1.54, 1.807) is 11.3 Å². The van der Waals surface area contributed by atoms with Crippen molar-refractivity contribution < 1.29 is 4.79 Å². The third-order valence-corrected chi connectivity index (χ3v) is 5.73. The molecule has 2 aromatic heterocycles. The summed E-state index contributed by atoms with van der Waals surface area (Å²) in [6.45, 7) is 4.86. The average molecular weight is 391 g/mol. The first kappa shape index (κ1) is 18.4. The van der Waals surface area contributed by atoms with Crippen molar-refractivity contribution in [2.45, 2.75) is 26.4 Å². The monoisotopic (exact) mass is 390 g/mol. The lowest BCUT2D eigenvalue weighted by Crippen LogP contribution is -2.31. The number of aromatic nitrogens is 3. The van der Waals surface area contributed by atoms with E-state index in [2.05, 4.69) is 35.5 Å². The molecular formula is C22H22N4OS. The summed E-state index contributed by atoms with van der Waals surface area (Å²) in [7, 11) is 0. The van der Waals surface area contributed by atoms with Gasteiger partial charge in [-0.15, -0.1) is 16.4 Å². The standard InChI is InChI=1S/C22H22N4OS/c1-15(2)21(20-8-5-13-28-20)23-22(27)17-11-9-16(10-12-17)14-26-19-7-4-3-6-18(19)24-25-26/h3-13,15,21H,14H2,1-2H3,(H,23,27)/t21-/m1/s1. The number of carbonyl (C=O) groups is 1. The van der Waals surface area contributed by atoms with Crippen LogP contribution >= 0.6 is 11.3 Å². The highest BCUT2D eigenvalue weighted by atomic mass is 32.1. The maximum atomic E-state index is 12.7. The Morgan fingerprint density at radius 1 is 1.07 bits per heavy atom. The first-order valence-electron chi connectivity index (χ1n) is 9.33. The van der Waals surface area contributed by atoms with E-state index in [9.17, 15) is 4.79 Å². The zero-order chi connectivity index (χ0) is 19.5. The second kappa shape index (κ2) is 7.94. The largest absolute Gasteiger partial charge is 0.344 e. The molecule has 0 aliphatic carbocycles. The quantitative estimate of drug-likeness (QED) is 0.520. The van der Waals surface area contributed by atoms with Crippen LogP contribution in [0, 0.1) is 5.92 Å². The van der Waals surface area contributed by atoms with Crippen molar-refractivity contribution >= 4 is 28.3 Å². The van der Waals surface area contributed by atoms with Gasteiger partial charge in [0.2, 0.25) is 0 Å². The predicted molar refractivity (Wildman–Crippen MR) is 112 cm³/mol. The fourth-order valence-electron chi connectivity index (χ4n) is 3.23. The normalized spacial score (nSPS) is 12.4. The van der Waals surface area contributed by atoms with E-state index in [0.717, 1.165) is 16.6 Å². The highest BCUT2D eigenvalue weighted by molar-refractivity contribution is 7.10. The molecule has 0 spiro atoms. The van der Waals surface area contributed by atoms with Crippen LogP contribution in [0.1, 0.15) is 40.7 Å². The van der Waals surface area contributed by atoms with Crippen LogP contribution in [0.25, 0.3) is 11.0 Å². The van der Waals surface area contributed by atoms with Gasteiger partial charge in [0.15, 0.2) is 0 Å². The number of para-hydroxylation sites is 1. The minimum atomic E-state index is -0.0511. The van der Waals surface area contributed by atoms with E-state index in [0.29, 0.717) is 18.0 Å². The molecule has 5 nitrogen and oxygen atoms in total. The van der Waals surface area contributed by atoms with Gasteiger partial charge in [0, 0.05) is 10.4 Å². The molecule has 0 saturated heterocycles. The van der Waals surface area contributed by atoms with Gasteiger partial charge in [-0.3, -0.25) is 4.79 Å². The molecule has 1 N–H and O–H groups in total. The van der Waals surface area contributed by atoms with Gasteiger partial charge in [0.05, 0.1) is 18.1 Å². The van der Waals surface area contributed by atoms with Gasteiger partial charge in [-0.1, -0.05) is 49.4 Å². The highest BCUT2D eigenvalue weighted by Crippen LogP contribution is 2.26.